The maximum absolute atomic E-state index is 14.0. The van der Waals surface area contributed by atoms with Crippen LogP contribution in [0.15, 0.2) is 52.4 Å². The van der Waals surface area contributed by atoms with Gasteiger partial charge in [0.1, 0.15) is 12.0 Å². The van der Waals surface area contributed by atoms with E-state index in [9.17, 15) is 9.00 Å². The summed E-state index contributed by atoms with van der Waals surface area (Å²) in [6.07, 6.45) is 13.9. The number of carbonyl (C=O) groups is 1. The summed E-state index contributed by atoms with van der Waals surface area (Å²) in [5, 5.41) is 5.42. The second-order valence-electron chi connectivity index (χ2n) is 8.41. The average Bonchev–Trinajstić information content (AvgIpc) is 3.48. The monoisotopic (exact) mass is 423 g/mol. The summed E-state index contributed by atoms with van der Waals surface area (Å²) in [5.41, 5.74) is 1.54. The van der Waals surface area contributed by atoms with Gasteiger partial charge in [-0.15, -0.1) is 0 Å². The summed E-state index contributed by atoms with van der Waals surface area (Å²) in [5.74, 6) is 0.638. The molecular formula is C22H25N5O2S. The van der Waals surface area contributed by atoms with Gasteiger partial charge in [0.15, 0.2) is 0 Å². The van der Waals surface area contributed by atoms with Crippen molar-refractivity contribution in [1.82, 2.24) is 19.7 Å². The van der Waals surface area contributed by atoms with Gasteiger partial charge in [0.05, 0.1) is 27.6 Å². The molecule has 1 aromatic carbocycles. The highest BCUT2D eigenvalue weighted by atomic mass is 32.2. The van der Waals surface area contributed by atoms with Crippen molar-refractivity contribution >= 4 is 26.5 Å². The third kappa shape index (κ3) is 4.01. The van der Waals surface area contributed by atoms with E-state index in [-0.39, 0.29) is 11.8 Å². The van der Waals surface area contributed by atoms with Crippen molar-refractivity contribution in [1.29, 1.82) is 0 Å². The highest BCUT2D eigenvalue weighted by Crippen LogP contribution is 2.35. The Morgan fingerprint density at radius 3 is 2.60 bits per heavy atom. The first-order valence-electron chi connectivity index (χ1n) is 10.6. The zero-order valence-corrected chi connectivity index (χ0v) is 17.6. The van der Waals surface area contributed by atoms with Gasteiger partial charge in [0.2, 0.25) is 0 Å². The standard InChI is InChI=1S/C22H25N5O2S/c28-22(17-4-2-1-3-5-17)26-30(29,14-16-6-7-16)20-8-9-21-18(10-20)13-27(25-21)19-11-23-15-24-12-19/h8-13,15-17H,1-7,14H2. The Morgan fingerprint density at radius 1 is 1.10 bits per heavy atom. The Kier molecular flexibility index (Phi) is 5.10. The molecule has 0 bridgehead atoms. The lowest BCUT2D eigenvalue weighted by Gasteiger charge is -2.19. The lowest BCUT2D eigenvalue weighted by molar-refractivity contribution is -0.122. The van der Waals surface area contributed by atoms with Crippen LogP contribution in [0.4, 0.5) is 0 Å². The smallest absolute Gasteiger partial charge is 0.257 e. The lowest BCUT2D eigenvalue weighted by atomic mass is 9.89. The predicted molar refractivity (Wildman–Crippen MR) is 115 cm³/mol. The molecule has 2 saturated carbocycles. The average molecular weight is 424 g/mol. The highest BCUT2D eigenvalue weighted by molar-refractivity contribution is 7.94. The molecule has 2 aliphatic carbocycles. The maximum Gasteiger partial charge on any atom is 0.257 e. The number of hydrogen-bond donors (Lipinski definition) is 0. The van der Waals surface area contributed by atoms with Crippen molar-refractivity contribution in [2.75, 3.05) is 5.75 Å². The summed E-state index contributed by atoms with van der Waals surface area (Å²) in [4.78, 5) is 21.6. The summed E-state index contributed by atoms with van der Waals surface area (Å²) in [6, 6.07) is 5.56. The van der Waals surface area contributed by atoms with Crippen molar-refractivity contribution in [3.8, 4) is 5.69 Å². The van der Waals surface area contributed by atoms with Crippen LogP contribution in [0.2, 0.25) is 0 Å². The van der Waals surface area contributed by atoms with Crippen LogP contribution in [0.3, 0.4) is 0 Å². The Balaban J connectivity index is 1.52. The highest BCUT2D eigenvalue weighted by Gasteiger charge is 2.30. The van der Waals surface area contributed by atoms with Crippen molar-refractivity contribution in [2.45, 2.75) is 49.8 Å². The number of carbonyl (C=O) groups excluding carboxylic acids is 1. The molecule has 0 N–H and O–H groups in total. The van der Waals surface area contributed by atoms with Crippen molar-refractivity contribution in [2.24, 2.45) is 16.2 Å². The summed E-state index contributed by atoms with van der Waals surface area (Å²) in [7, 11) is -2.79. The molecular weight excluding hydrogens is 398 g/mol. The largest absolute Gasteiger partial charge is 0.272 e. The van der Waals surface area contributed by atoms with Crippen LogP contribution in [0.25, 0.3) is 16.6 Å². The van der Waals surface area contributed by atoms with Crippen LogP contribution in [-0.4, -0.2) is 35.6 Å². The third-order valence-corrected chi connectivity index (χ3v) is 8.39. The summed E-state index contributed by atoms with van der Waals surface area (Å²) < 4.78 is 20.1. The van der Waals surface area contributed by atoms with Gasteiger partial charge >= 0.3 is 0 Å². The van der Waals surface area contributed by atoms with E-state index in [1.54, 1.807) is 17.1 Å². The van der Waals surface area contributed by atoms with E-state index < -0.39 is 9.73 Å². The number of fused-ring (bicyclic) bond motifs is 1. The number of hydrogen-bond acceptors (Lipinski definition) is 5. The van der Waals surface area contributed by atoms with Crippen LogP contribution in [0.5, 0.6) is 0 Å². The van der Waals surface area contributed by atoms with Crippen LogP contribution in [0.1, 0.15) is 44.9 Å². The van der Waals surface area contributed by atoms with Gasteiger partial charge < -0.3 is 0 Å². The van der Waals surface area contributed by atoms with Crippen molar-refractivity contribution in [3.05, 3.63) is 43.1 Å². The van der Waals surface area contributed by atoms with Gasteiger partial charge in [0, 0.05) is 28.1 Å². The summed E-state index contributed by atoms with van der Waals surface area (Å²) in [6.45, 7) is 0. The first-order valence-corrected chi connectivity index (χ1v) is 12.3. The molecule has 3 aromatic rings. The zero-order valence-electron chi connectivity index (χ0n) is 16.8. The lowest BCUT2D eigenvalue weighted by Crippen LogP contribution is -2.19. The fourth-order valence-corrected chi connectivity index (χ4v) is 6.48. The van der Waals surface area contributed by atoms with E-state index in [2.05, 4.69) is 19.4 Å². The van der Waals surface area contributed by atoms with Crippen LogP contribution < -0.4 is 0 Å². The minimum absolute atomic E-state index is 0.0664. The molecule has 0 radical (unpaired) electrons. The fraction of sp³-hybridized carbons (Fsp3) is 0.455. The van der Waals surface area contributed by atoms with E-state index in [4.69, 9.17) is 0 Å². The second-order valence-corrected chi connectivity index (χ2v) is 10.7. The minimum Gasteiger partial charge on any atom is -0.272 e. The number of benzene rings is 1. The Morgan fingerprint density at radius 2 is 1.87 bits per heavy atom. The van der Waals surface area contributed by atoms with Crippen LogP contribution in [0, 0.1) is 11.8 Å². The van der Waals surface area contributed by atoms with Gasteiger partial charge in [-0.05, 0) is 49.8 Å². The van der Waals surface area contributed by atoms with E-state index in [1.165, 1.54) is 12.7 Å². The van der Waals surface area contributed by atoms with E-state index in [0.717, 1.165) is 55.1 Å². The molecule has 1 atom stereocenters. The second kappa shape index (κ2) is 7.91. The molecule has 1 amide bonds. The summed E-state index contributed by atoms with van der Waals surface area (Å²) >= 11 is 0. The maximum atomic E-state index is 14.0. The Hall–Kier alpha value is -2.61. The Bertz CT molecular complexity index is 1190. The molecule has 0 aliphatic heterocycles. The number of aromatic nitrogens is 4. The quantitative estimate of drug-likeness (QED) is 0.615. The molecule has 1 unspecified atom stereocenters. The predicted octanol–water partition coefficient (Wildman–Crippen LogP) is 4.16. The Labute approximate surface area is 176 Å². The van der Waals surface area contributed by atoms with Crippen molar-refractivity contribution < 1.29 is 9.00 Å². The zero-order chi connectivity index (χ0) is 20.6. The first kappa shape index (κ1) is 19.4. The topological polar surface area (TPSA) is 90.1 Å². The van der Waals surface area contributed by atoms with E-state index in [1.807, 2.05) is 24.4 Å². The number of rotatable bonds is 5. The van der Waals surface area contributed by atoms with Gasteiger partial charge in [0.25, 0.3) is 5.91 Å². The molecule has 0 saturated heterocycles. The van der Waals surface area contributed by atoms with Gasteiger partial charge in [-0.3, -0.25) is 4.79 Å². The van der Waals surface area contributed by atoms with Crippen LogP contribution in [-0.2, 0) is 14.5 Å². The molecule has 5 rings (SSSR count). The van der Waals surface area contributed by atoms with Gasteiger partial charge in [-0.1, -0.05) is 19.3 Å². The molecule has 2 aliphatic rings. The van der Waals surface area contributed by atoms with E-state index >= 15 is 0 Å². The number of amides is 1. The van der Waals surface area contributed by atoms with Crippen molar-refractivity contribution in [3.63, 3.8) is 0 Å². The SMILES string of the molecule is O=C(N=S(=O)(CC1CC1)c1ccc2nn(-c3cncnc3)cc2c1)C1CCCCC1. The molecule has 0 spiro atoms. The first-order chi connectivity index (χ1) is 14.6. The molecule has 2 heterocycles. The molecule has 2 aromatic heterocycles. The number of nitrogens with zero attached hydrogens (tertiary/aromatic N) is 5. The van der Waals surface area contributed by atoms with Crippen LogP contribution >= 0.6 is 0 Å². The molecule has 156 valence electrons. The molecule has 7 nitrogen and oxygen atoms in total. The van der Waals surface area contributed by atoms with E-state index in [0.29, 0.717) is 16.6 Å². The van der Waals surface area contributed by atoms with Gasteiger partial charge in [-0.2, -0.15) is 9.46 Å². The molecule has 30 heavy (non-hydrogen) atoms. The normalized spacial score (nSPS) is 19.5. The third-order valence-electron chi connectivity index (χ3n) is 6.01. The van der Waals surface area contributed by atoms with Gasteiger partial charge in [-0.25, -0.2) is 18.9 Å². The molecule has 8 heteroatoms. The minimum atomic E-state index is -2.79. The fourth-order valence-electron chi connectivity index (χ4n) is 4.10. The molecule has 2 fully saturated rings.